The molecule has 2 unspecified atom stereocenters. The highest BCUT2D eigenvalue weighted by Gasteiger charge is 2.24. The molecule has 0 radical (unpaired) electrons. The lowest BCUT2D eigenvalue weighted by Gasteiger charge is -2.13. The summed E-state index contributed by atoms with van der Waals surface area (Å²) < 4.78 is 11.6. The van der Waals surface area contributed by atoms with Crippen molar-refractivity contribution in [3.8, 4) is 0 Å². The summed E-state index contributed by atoms with van der Waals surface area (Å²) in [6.07, 6.45) is 3.91. The van der Waals surface area contributed by atoms with Crippen molar-refractivity contribution in [2.24, 2.45) is 0 Å². The second-order valence-corrected chi connectivity index (χ2v) is 4.83. The molecule has 1 fully saturated rings. The van der Waals surface area contributed by atoms with Crippen LogP contribution in [0.5, 0.6) is 0 Å². The first-order valence-electron chi connectivity index (χ1n) is 6.80. The van der Waals surface area contributed by atoms with Crippen molar-refractivity contribution < 1.29 is 9.47 Å². The molecule has 1 aromatic carbocycles. The van der Waals surface area contributed by atoms with E-state index in [1.807, 2.05) is 13.1 Å². The molecule has 1 aliphatic heterocycles. The lowest BCUT2D eigenvalue weighted by Crippen LogP contribution is -2.25. The van der Waals surface area contributed by atoms with Crippen molar-refractivity contribution >= 4 is 0 Å². The van der Waals surface area contributed by atoms with E-state index in [2.05, 4.69) is 29.6 Å². The fourth-order valence-corrected chi connectivity index (χ4v) is 2.33. The van der Waals surface area contributed by atoms with E-state index in [9.17, 15) is 0 Å². The predicted octanol–water partition coefficient (Wildman–Crippen LogP) is 2.01. The van der Waals surface area contributed by atoms with E-state index in [1.165, 1.54) is 5.56 Å². The van der Waals surface area contributed by atoms with Crippen LogP contribution in [0.4, 0.5) is 0 Å². The first-order valence-corrected chi connectivity index (χ1v) is 6.80. The molecule has 0 aromatic heterocycles. The minimum atomic E-state index is 0.291. The summed E-state index contributed by atoms with van der Waals surface area (Å²) in [6, 6.07) is 10.4. The second kappa shape index (κ2) is 7.52. The Kier molecular flexibility index (Phi) is 5.65. The third-order valence-corrected chi connectivity index (χ3v) is 3.31. The zero-order valence-electron chi connectivity index (χ0n) is 11.1. The SMILES string of the molecule is CNCC1CCC(COCCc2ccccc2)O1. The van der Waals surface area contributed by atoms with Gasteiger partial charge in [-0.25, -0.2) is 0 Å². The Bertz CT molecular complexity index is 329. The summed E-state index contributed by atoms with van der Waals surface area (Å²) in [6.45, 7) is 2.45. The normalized spacial score (nSPS) is 23.4. The van der Waals surface area contributed by atoms with Crippen LogP contribution in [0.2, 0.25) is 0 Å². The predicted molar refractivity (Wildman–Crippen MR) is 72.8 cm³/mol. The molecule has 0 amide bonds. The molecule has 3 heteroatoms. The third-order valence-electron chi connectivity index (χ3n) is 3.31. The standard InChI is InChI=1S/C15H23NO2/c1-16-11-14-7-8-15(18-14)12-17-10-9-13-5-3-2-4-6-13/h2-6,14-16H,7-12H2,1H3. The Morgan fingerprint density at radius 2 is 2.00 bits per heavy atom. The minimum Gasteiger partial charge on any atom is -0.378 e. The van der Waals surface area contributed by atoms with Crippen molar-refractivity contribution in [2.75, 3.05) is 26.8 Å². The molecule has 0 saturated carbocycles. The molecule has 0 spiro atoms. The molecule has 1 N–H and O–H groups in total. The molecular formula is C15H23NO2. The molecule has 0 bridgehead atoms. The number of hydrogen-bond donors (Lipinski definition) is 1. The number of likely N-dealkylation sites (N-methyl/N-ethyl adjacent to an activating group) is 1. The number of nitrogens with one attached hydrogen (secondary N) is 1. The maximum atomic E-state index is 5.87. The maximum Gasteiger partial charge on any atom is 0.0813 e. The highest BCUT2D eigenvalue weighted by Crippen LogP contribution is 2.19. The molecular weight excluding hydrogens is 226 g/mol. The van der Waals surface area contributed by atoms with Gasteiger partial charge in [0.25, 0.3) is 0 Å². The fraction of sp³-hybridized carbons (Fsp3) is 0.600. The first-order chi connectivity index (χ1) is 8.88. The van der Waals surface area contributed by atoms with Crippen molar-refractivity contribution in [2.45, 2.75) is 31.5 Å². The highest BCUT2D eigenvalue weighted by atomic mass is 16.5. The average Bonchev–Trinajstić information content (AvgIpc) is 2.84. The molecule has 18 heavy (non-hydrogen) atoms. The van der Waals surface area contributed by atoms with Gasteiger partial charge in [-0.05, 0) is 31.9 Å². The Morgan fingerprint density at radius 1 is 1.22 bits per heavy atom. The second-order valence-electron chi connectivity index (χ2n) is 4.83. The highest BCUT2D eigenvalue weighted by molar-refractivity contribution is 5.14. The van der Waals surface area contributed by atoms with Gasteiger partial charge in [-0.2, -0.15) is 0 Å². The van der Waals surface area contributed by atoms with Crippen LogP contribution in [-0.4, -0.2) is 39.0 Å². The number of hydrogen-bond acceptors (Lipinski definition) is 3. The lowest BCUT2D eigenvalue weighted by atomic mass is 10.2. The van der Waals surface area contributed by atoms with Crippen LogP contribution in [0, 0.1) is 0 Å². The first kappa shape index (κ1) is 13.5. The quantitative estimate of drug-likeness (QED) is 0.750. The molecule has 1 aromatic rings. The maximum absolute atomic E-state index is 5.87. The van der Waals surface area contributed by atoms with Crippen LogP contribution >= 0.6 is 0 Å². The fourth-order valence-electron chi connectivity index (χ4n) is 2.33. The molecule has 1 saturated heterocycles. The Labute approximate surface area is 109 Å². The van der Waals surface area contributed by atoms with E-state index in [0.717, 1.165) is 39.0 Å². The van der Waals surface area contributed by atoms with Gasteiger partial charge < -0.3 is 14.8 Å². The van der Waals surface area contributed by atoms with E-state index in [4.69, 9.17) is 9.47 Å². The van der Waals surface area contributed by atoms with Crippen molar-refractivity contribution in [3.63, 3.8) is 0 Å². The van der Waals surface area contributed by atoms with Crippen LogP contribution in [0.1, 0.15) is 18.4 Å². The molecule has 2 rings (SSSR count). The summed E-state index contributed by atoms with van der Waals surface area (Å²) in [4.78, 5) is 0. The monoisotopic (exact) mass is 249 g/mol. The summed E-state index contributed by atoms with van der Waals surface area (Å²) in [5.41, 5.74) is 1.33. The molecule has 0 aliphatic carbocycles. The van der Waals surface area contributed by atoms with Gasteiger partial charge in [0.2, 0.25) is 0 Å². The average molecular weight is 249 g/mol. The van der Waals surface area contributed by atoms with Crippen LogP contribution in [0.15, 0.2) is 30.3 Å². The van der Waals surface area contributed by atoms with Gasteiger partial charge in [0.05, 0.1) is 25.4 Å². The van der Waals surface area contributed by atoms with Crippen molar-refractivity contribution in [1.29, 1.82) is 0 Å². The molecule has 1 aliphatic rings. The van der Waals surface area contributed by atoms with Crippen LogP contribution in [0.3, 0.4) is 0 Å². The lowest BCUT2D eigenvalue weighted by molar-refractivity contribution is -0.0131. The Balaban J connectivity index is 1.56. The number of rotatable bonds is 7. The minimum absolute atomic E-state index is 0.291. The van der Waals surface area contributed by atoms with Gasteiger partial charge in [-0.1, -0.05) is 30.3 Å². The summed E-state index contributed by atoms with van der Waals surface area (Å²) >= 11 is 0. The molecule has 1 heterocycles. The van der Waals surface area contributed by atoms with Crippen LogP contribution < -0.4 is 5.32 Å². The Hall–Kier alpha value is -0.900. The Morgan fingerprint density at radius 3 is 2.78 bits per heavy atom. The van der Waals surface area contributed by atoms with E-state index < -0.39 is 0 Å². The van der Waals surface area contributed by atoms with Gasteiger partial charge in [-0.15, -0.1) is 0 Å². The summed E-state index contributed by atoms with van der Waals surface area (Å²) in [5, 5.41) is 3.15. The van der Waals surface area contributed by atoms with Crippen LogP contribution in [0.25, 0.3) is 0 Å². The number of benzene rings is 1. The van der Waals surface area contributed by atoms with Gasteiger partial charge in [0.1, 0.15) is 0 Å². The van der Waals surface area contributed by atoms with E-state index in [0.29, 0.717) is 12.2 Å². The zero-order chi connectivity index (χ0) is 12.6. The molecule has 3 nitrogen and oxygen atoms in total. The van der Waals surface area contributed by atoms with Gasteiger partial charge in [-0.3, -0.25) is 0 Å². The largest absolute Gasteiger partial charge is 0.378 e. The smallest absolute Gasteiger partial charge is 0.0813 e. The van der Waals surface area contributed by atoms with Gasteiger partial charge in [0, 0.05) is 6.54 Å². The van der Waals surface area contributed by atoms with Crippen molar-refractivity contribution in [1.82, 2.24) is 5.32 Å². The van der Waals surface area contributed by atoms with E-state index in [1.54, 1.807) is 0 Å². The van der Waals surface area contributed by atoms with Crippen molar-refractivity contribution in [3.05, 3.63) is 35.9 Å². The third kappa shape index (κ3) is 4.41. The summed E-state index contributed by atoms with van der Waals surface area (Å²) in [5.74, 6) is 0. The summed E-state index contributed by atoms with van der Waals surface area (Å²) in [7, 11) is 1.97. The molecule has 100 valence electrons. The molecule has 2 atom stereocenters. The van der Waals surface area contributed by atoms with Crippen LogP contribution in [-0.2, 0) is 15.9 Å². The van der Waals surface area contributed by atoms with Gasteiger partial charge >= 0.3 is 0 Å². The van der Waals surface area contributed by atoms with E-state index >= 15 is 0 Å². The van der Waals surface area contributed by atoms with Gasteiger partial charge in [0.15, 0.2) is 0 Å². The number of ether oxygens (including phenoxy) is 2. The zero-order valence-corrected chi connectivity index (χ0v) is 11.1. The topological polar surface area (TPSA) is 30.5 Å². The van der Waals surface area contributed by atoms with E-state index in [-0.39, 0.29) is 0 Å².